The molecule has 1 rings (SSSR count). The number of anilines is 1. The predicted octanol–water partition coefficient (Wildman–Crippen LogP) is 2.59. The van der Waals surface area contributed by atoms with Gasteiger partial charge in [0.2, 0.25) is 0 Å². The second-order valence-electron chi connectivity index (χ2n) is 4.85. The van der Waals surface area contributed by atoms with Gasteiger partial charge in [-0.25, -0.2) is 13.6 Å². The van der Waals surface area contributed by atoms with Crippen LogP contribution in [-0.2, 0) is 0 Å². The van der Waals surface area contributed by atoms with Crippen molar-refractivity contribution >= 4 is 11.7 Å². The summed E-state index contributed by atoms with van der Waals surface area (Å²) < 4.78 is 26.8. The molecular formula is C13H18F2N2O2. The first-order valence-electron chi connectivity index (χ1n) is 5.97. The van der Waals surface area contributed by atoms with E-state index in [1.165, 1.54) is 11.0 Å². The van der Waals surface area contributed by atoms with E-state index in [1.54, 1.807) is 20.8 Å². The fourth-order valence-corrected chi connectivity index (χ4v) is 1.60. The van der Waals surface area contributed by atoms with Gasteiger partial charge in [-0.3, -0.25) is 0 Å². The van der Waals surface area contributed by atoms with Crippen LogP contribution in [0, 0.1) is 11.6 Å². The molecule has 6 heteroatoms. The van der Waals surface area contributed by atoms with Gasteiger partial charge in [-0.15, -0.1) is 0 Å². The molecule has 2 N–H and O–H groups in total. The number of halogens is 2. The molecule has 0 saturated carbocycles. The number of aliphatic hydroxyl groups is 1. The third kappa shape index (κ3) is 4.48. The summed E-state index contributed by atoms with van der Waals surface area (Å²) in [5.74, 6) is -1.68. The number of nitrogens with one attached hydrogen (secondary N) is 1. The highest BCUT2D eigenvalue weighted by atomic mass is 19.1. The molecule has 2 amide bonds. The predicted molar refractivity (Wildman–Crippen MR) is 68.9 cm³/mol. The second kappa shape index (κ2) is 5.97. The van der Waals surface area contributed by atoms with Crippen molar-refractivity contribution in [3.63, 3.8) is 0 Å². The minimum Gasteiger partial charge on any atom is -0.389 e. The summed E-state index contributed by atoms with van der Waals surface area (Å²) in [6.45, 7) is 5.18. The van der Waals surface area contributed by atoms with E-state index in [2.05, 4.69) is 5.32 Å². The number of rotatable bonds is 4. The Kier molecular flexibility index (Phi) is 4.83. The highest BCUT2D eigenvalue weighted by Gasteiger charge is 2.22. The van der Waals surface area contributed by atoms with E-state index in [1.807, 2.05) is 0 Å². The van der Waals surface area contributed by atoms with Crippen LogP contribution in [0.2, 0.25) is 0 Å². The van der Waals surface area contributed by atoms with Gasteiger partial charge >= 0.3 is 6.03 Å². The van der Waals surface area contributed by atoms with E-state index >= 15 is 0 Å². The molecule has 106 valence electrons. The Balaban J connectivity index is 2.83. The van der Waals surface area contributed by atoms with Crippen LogP contribution in [-0.4, -0.2) is 34.7 Å². The van der Waals surface area contributed by atoms with Gasteiger partial charge in [0.15, 0.2) is 0 Å². The van der Waals surface area contributed by atoms with E-state index in [9.17, 15) is 18.7 Å². The standard InChI is InChI=1S/C13H18F2N2O2/c1-4-17(8-13(2,3)19)12(18)16-11-9(14)6-5-7-10(11)15/h5-7,19H,4,8H2,1-3H3,(H,16,18). The zero-order chi connectivity index (χ0) is 14.6. The van der Waals surface area contributed by atoms with Crippen molar-refractivity contribution in [2.24, 2.45) is 0 Å². The number of amides is 2. The zero-order valence-corrected chi connectivity index (χ0v) is 11.2. The first-order valence-corrected chi connectivity index (χ1v) is 5.97. The summed E-state index contributed by atoms with van der Waals surface area (Å²) in [5.41, 5.74) is -1.57. The first-order chi connectivity index (χ1) is 8.74. The molecule has 0 radical (unpaired) electrons. The molecule has 0 unspecified atom stereocenters. The lowest BCUT2D eigenvalue weighted by atomic mass is 10.1. The van der Waals surface area contributed by atoms with Gasteiger partial charge in [-0.1, -0.05) is 6.07 Å². The fourth-order valence-electron chi connectivity index (χ4n) is 1.60. The molecule has 1 aromatic carbocycles. The minimum atomic E-state index is -1.08. The lowest BCUT2D eigenvalue weighted by Crippen LogP contribution is -2.44. The van der Waals surface area contributed by atoms with Gasteiger partial charge < -0.3 is 15.3 Å². The Morgan fingerprint density at radius 3 is 2.32 bits per heavy atom. The van der Waals surface area contributed by atoms with Crippen LogP contribution in [0.4, 0.5) is 19.3 Å². The molecule has 1 aromatic rings. The van der Waals surface area contributed by atoms with Crippen molar-refractivity contribution in [1.29, 1.82) is 0 Å². The van der Waals surface area contributed by atoms with E-state index in [4.69, 9.17) is 0 Å². The van der Waals surface area contributed by atoms with Crippen molar-refractivity contribution in [3.8, 4) is 0 Å². The molecule has 0 aliphatic heterocycles. The largest absolute Gasteiger partial charge is 0.389 e. The summed E-state index contributed by atoms with van der Waals surface area (Å²) in [7, 11) is 0. The Labute approximate surface area is 111 Å². The van der Waals surface area contributed by atoms with Crippen molar-refractivity contribution < 1.29 is 18.7 Å². The maximum absolute atomic E-state index is 13.4. The quantitative estimate of drug-likeness (QED) is 0.885. The smallest absolute Gasteiger partial charge is 0.322 e. The number of para-hydroxylation sites is 1. The SMILES string of the molecule is CCN(CC(C)(C)O)C(=O)Nc1c(F)cccc1F. The molecule has 0 aliphatic carbocycles. The van der Waals surface area contributed by atoms with Crippen molar-refractivity contribution in [3.05, 3.63) is 29.8 Å². The fraction of sp³-hybridized carbons (Fsp3) is 0.462. The van der Waals surface area contributed by atoms with Gasteiger partial charge in [0.1, 0.15) is 17.3 Å². The van der Waals surface area contributed by atoms with Crippen LogP contribution in [0.25, 0.3) is 0 Å². The molecule has 0 saturated heterocycles. The summed E-state index contributed by atoms with van der Waals surface area (Å²) in [6, 6.07) is 2.68. The first kappa shape index (κ1) is 15.4. The molecule has 0 fully saturated rings. The number of likely N-dealkylation sites (N-methyl/N-ethyl adjacent to an activating group) is 1. The number of nitrogens with zero attached hydrogens (tertiary/aromatic N) is 1. The van der Waals surface area contributed by atoms with Crippen LogP contribution in [0.5, 0.6) is 0 Å². The van der Waals surface area contributed by atoms with Crippen molar-refractivity contribution in [1.82, 2.24) is 4.90 Å². The average molecular weight is 272 g/mol. The van der Waals surface area contributed by atoms with Crippen LogP contribution in [0.1, 0.15) is 20.8 Å². The van der Waals surface area contributed by atoms with Crippen LogP contribution in [0.15, 0.2) is 18.2 Å². The number of hydrogen-bond acceptors (Lipinski definition) is 2. The topological polar surface area (TPSA) is 52.6 Å². The van der Waals surface area contributed by atoms with Crippen LogP contribution >= 0.6 is 0 Å². The van der Waals surface area contributed by atoms with E-state index in [-0.39, 0.29) is 6.54 Å². The Morgan fingerprint density at radius 2 is 1.89 bits per heavy atom. The van der Waals surface area contributed by atoms with E-state index < -0.39 is 29.0 Å². The van der Waals surface area contributed by atoms with Crippen molar-refractivity contribution in [2.45, 2.75) is 26.4 Å². The summed E-state index contributed by atoms with van der Waals surface area (Å²) in [6.07, 6.45) is 0. The number of carbonyl (C=O) groups is 1. The molecule has 4 nitrogen and oxygen atoms in total. The molecule has 19 heavy (non-hydrogen) atoms. The maximum Gasteiger partial charge on any atom is 0.322 e. The Hall–Kier alpha value is -1.69. The zero-order valence-electron chi connectivity index (χ0n) is 11.2. The third-order valence-corrected chi connectivity index (χ3v) is 2.44. The van der Waals surface area contributed by atoms with Gasteiger partial charge in [0.25, 0.3) is 0 Å². The highest BCUT2D eigenvalue weighted by molar-refractivity contribution is 5.89. The minimum absolute atomic E-state index is 0.0609. The highest BCUT2D eigenvalue weighted by Crippen LogP contribution is 2.18. The number of benzene rings is 1. The Bertz CT molecular complexity index is 438. The molecule has 0 atom stereocenters. The average Bonchev–Trinajstić information content (AvgIpc) is 2.29. The van der Waals surface area contributed by atoms with Gasteiger partial charge in [0.05, 0.1) is 12.1 Å². The molecule has 0 spiro atoms. The lowest BCUT2D eigenvalue weighted by molar-refractivity contribution is 0.0501. The molecule has 0 heterocycles. The number of hydrogen-bond donors (Lipinski definition) is 2. The summed E-state index contributed by atoms with van der Waals surface area (Å²) in [4.78, 5) is 13.2. The number of urea groups is 1. The van der Waals surface area contributed by atoms with Crippen LogP contribution in [0.3, 0.4) is 0 Å². The second-order valence-corrected chi connectivity index (χ2v) is 4.85. The lowest BCUT2D eigenvalue weighted by Gasteiger charge is -2.28. The summed E-state index contributed by atoms with van der Waals surface area (Å²) >= 11 is 0. The summed E-state index contributed by atoms with van der Waals surface area (Å²) in [5, 5.41) is 11.9. The maximum atomic E-state index is 13.4. The Morgan fingerprint density at radius 1 is 1.37 bits per heavy atom. The number of carbonyl (C=O) groups excluding carboxylic acids is 1. The van der Waals surface area contributed by atoms with E-state index in [0.717, 1.165) is 12.1 Å². The molecule has 0 aliphatic rings. The third-order valence-electron chi connectivity index (χ3n) is 2.44. The van der Waals surface area contributed by atoms with Crippen LogP contribution < -0.4 is 5.32 Å². The normalized spacial score (nSPS) is 11.3. The van der Waals surface area contributed by atoms with Gasteiger partial charge in [0, 0.05) is 6.54 Å². The van der Waals surface area contributed by atoms with Crippen molar-refractivity contribution in [2.75, 3.05) is 18.4 Å². The monoisotopic (exact) mass is 272 g/mol. The molecule has 0 bridgehead atoms. The van der Waals surface area contributed by atoms with E-state index in [0.29, 0.717) is 6.54 Å². The van der Waals surface area contributed by atoms with Gasteiger partial charge in [-0.2, -0.15) is 0 Å². The van der Waals surface area contributed by atoms with Gasteiger partial charge in [-0.05, 0) is 32.9 Å². The molecular weight excluding hydrogens is 254 g/mol. The molecule has 0 aromatic heterocycles.